The average Bonchev–Trinajstić information content (AvgIpc) is 2.20. The molecule has 0 amide bonds. The van der Waals surface area contributed by atoms with Crippen molar-refractivity contribution >= 4 is 15.1 Å². The van der Waals surface area contributed by atoms with Gasteiger partial charge < -0.3 is 0 Å². The smallest absolute Gasteiger partial charge is 0.0705 e. The second kappa shape index (κ2) is 2.43. The number of fused-ring (bicyclic) bond motifs is 1. The molecule has 0 spiro atoms. The third-order valence-electron chi connectivity index (χ3n) is 2.86. The third kappa shape index (κ3) is 1.23. The van der Waals surface area contributed by atoms with Gasteiger partial charge in [0.25, 0.3) is 0 Å². The summed E-state index contributed by atoms with van der Waals surface area (Å²) in [6, 6.07) is 8.43. The molecule has 0 aliphatic carbocycles. The first-order chi connectivity index (χ1) is 5.93. The Labute approximate surface area is 82.4 Å². The number of rotatable bonds is 0. The van der Waals surface area contributed by atoms with Crippen LogP contribution in [0.15, 0.2) is 24.3 Å². The molecule has 0 N–H and O–H groups in total. The molecule has 3 radical (unpaired) electrons. The minimum Gasteiger partial charge on any atom is -0.0705 e. The fourth-order valence-corrected chi connectivity index (χ4v) is 2.42. The second-order valence-corrected chi connectivity index (χ2v) is 4.69. The summed E-state index contributed by atoms with van der Waals surface area (Å²) in [6.07, 6.45) is 0. The van der Waals surface area contributed by atoms with Crippen LogP contribution in [0.2, 0.25) is 0 Å². The Balaban J connectivity index is 2.64. The predicted octanol–water partition coefficient (Wildman–Crippen LogP) is 1.98. The molecule has 0 aromatic heterocycles. The van der Waals surface area contributed by atoms with Gasteiger partial charge in [0.2, 0.25) is 0 Å². The molecule has 1 aliphatic rings. The Morgan fingerprint density at radius 1 is 1.08 bits per heavy atom. The fourth-order valence-electron chi connectivity index (χ4n) is 2.42. The topological polar surface area (TPSA) is 0 Å². The molecule has 1 aromatic rings. The Hall–Kier alpha value is -0.650. The van der Waals surface area contributed by atoms with Crippen molar-refractivity contribution < 1.29 is 0 Å². The number of benzene rings is 1. The van der Waals surface area contributed by atoms with E-state index in [9.17, 15) is 0 Å². The maximum absolute atomic E-state index is 6.21. The molecular formula is C11H13B2. The van der Waals surface area contributed by atoms with Gasteiger partial charge in [-0.05, 0) is 10.9 Å². The van der Waals surface area contributed by atoms with Crippen LogP contribution in [0.5, 0.6) is 0 Å². The molecule has 1 aliphatic heterocycles. The molecule has 1 unspecified atom stereocenters. The van der Waals surface area contributed by atoms with Crippen molar-refractivity contribution in [2.45, 2.75) is 31.3 Å². The molecule has 0 saturated carbocycles. The van der Waals surface area contributed by atoms with Gasteiger partial charge in [-0.3, -0.25) is 0 Å². The predicted molar refractivity (Wildman–Crippen MR) is 58.3 cm³/mol. The van der Waals surface area contributed by atoms with Crippen molar-refractivity contribution in [2.75, 3.05) is 0 Å². The standard InChI is InChI=1S/C11H13B2/c1-10(2)8-6-4-5-7-9(8)11(3,12)13-10/h4-7H,1-3H3. The SMILES string of the molecule is [B]C1(C)[B]C(C)(C)c2ccccc21. The van der Waals surface area contributed by atoms with Gasteiger partial charge in [0, 0.05) is 0 Å². The summed E-state index contributed by atoms with van der Waals surface area (Å²) in [4.78, 5) is 0. The van der Waals surface area contributed by atoms with Crippen LogP contribution >= 0.6 is 0 Å². The van der Waals surface area contributed by atoms with Gasteiger partial charge in [-0.15, -0.1) is 0 Å². The highest BCUT2D eigenvalue weighted by Crippen LogP contribution is 2.41. The molecule has 0 saturated heterocycles. The monoisotopic (exact) mass is 167 g/mol. The van der Waals surface area contributed by atoms with Crippen molar-refractivity contribution in [3.63, 3.8) is 0 Å². The lowest BCUT2D eigenvalue weighted by Crippen LogP contribution is -2.33. The maximum Gasteiger partial charge on any atom is 0.125 e. The lowest BCUT2D eigenvalue weighted by atomic mass is 9.37. The van der Waals surface area contributed by atoms with E-state index in [0.717, 1.165) is 0 Å². The first-order valence-electron chi connectivity index (χ1n) is 4.69. The highest BCUT2D eigenvalue weighted by atomic mass is 14.3. The highest BCUT2D eigenvalue weighted by Gasteiger charge is 2.41. The van der Waals surface area contributed by atoms with Gasteiger partial charge in [-0.1, -0.05) is 55.8 Å². The zero-order chi connectivity index (χ0) is 9.69. The number of hydrogen-bond donors (Lipinski definition) is 0. The fraction of sp³-hybridized carbons (Fsp3) is 0.455. The Bertz CT molecular complexity index is 307. The molecule has 1 atom stereocenters. The van der Waals surface area contributed by atoms with E-state index in [2.05, 4.69) is 52.3 Å². The number of hydrogen-bond acceptors (Lipinski definition) is 0. The summed E-state index contributed by atoms with van der Waals surface area (Å²) in [5.41, 5.74) is 2.62. The zero-order valence-electron chi connectivity index (χ0n) is 8.46. The van der Waals surface area contributed by atoms with Crippen molar-refractivity contribution in [3.05, 3.63) is 35.4 Å². The zero-order valence-corrected chi connectivity index (χ0v) is 8.46. The van der Waals surface area contributed by atoms with Crippen LogP contribution < -0.4 is 0 Å². The summed E-state index contributed by atoms with van der Waals surface area (Å²) < 4.78 is 0. The van der Waals surface area contributed by atoms with Crippen LogP contribution in [0.1, 0.15) is 31.9 Å². The minimum atomic E-state index is -0.264. The summed E-state index contributed by atoms with van der Waals surface area (Å²) in [5.74, 6) is 0. The van der Waals surface area contributed by atoms with Crippen molar-refractivity contribution in [1.29, 1.82) is 0 Å². The molecule has 63 valence electrons. The van der Waals surface area contributed by atoms with Gasteiger partial charge in [0.1, 0.15) is 7.28 Å². The van der Waals surface area contributed by atoms with Gasteiger partial charge in [-0.2, -0.15) is 0 Å². The third-order valence-corrected chi connectivity index (χ3v) is 2.86. The lowest BCUT2D eigenvalue weighted by molar-refractivity contribution is 0.763. The Kier molecular flexibility index (Phi) is 1.67. The lowest BCUT2D eigenvalue weighted by Gasteiger charge is -2.21. The van der Waals surface area contributed by atoms with Crippen molar-refractivity contribution in [1.82, 2.24) is 0 Å². The molecule has 0 bridgehead atoms. The summed E-state index contributed by atoms with van der Waals surface area (Å²) in [7, 11) is 8.44. The highest BCUT2D eigenvalue weighted by molar-refractivity contribution is 6.58. The van der Waals surface area contributed by atoms with Crippen LogP contribution in [-0.4, -0.2) is 15.1 Å². The van der Waals surface area contributed by atoms with E-state index < -0.39 is 0 Å². The molecular weight excluding hydrogens is 154 g/mol. The molecule has 2 heteroatoms. The quantitative estimate of drug-likeness (QED) is 0.518. The van der Waals surface area contributed by atoms with Crippen LogP contribution in [0.25, 0.3) is 0 Å². The first kappa shape index (κ1) is 8.93. The molecule has 13 heavy (non-hydrogen) atoms. The summed E-state index contributed by atoms with van der Waals surface area (Å²) in [6.45, 7) is 6.49. The van der Waals surface area contributed by atoms with Crippen molar-refractivity contribution in [3.8, 4) is 0 Å². The van der Waals surface area contributed by atoms with Gasteiger partial charge >= 0.3 is 0 Å². The van der Waals surface area contributed by atoms with Crippen LogP contribution in [-0.2, 0) is 10.5 Å². The normalized spacial score (nSPS) is 29.5. The average molecular weight is 167 g/mol. The summed E-state index contributed by atoms with van der Waals surface area (Å²) >= 11 is 0. The summed E-state index contributed by atoms with van der Waals surface area (Å²) in [5, 5.41) is -0.153. The maximum atomic E-state index is 6.21. The van der Waals surface area contributed by atoms with Crippen LogP contribution in [0, 0.1) is 0 Å². The molecule has 1 heterocycles. The van der Waals surface area contributed by atoms with E-state index in [1.807, 2.05) is 0 Å². The molecule has 0 nitrogen and oxygen atoms in total. The van der Waals surface area contributed by atoms with Crippen molar-refractivity contribution in [2.24, 2.45) is 0 Å². The Morgan fingerprint density at radius 2 is 1.62 bits per heavy atom. The molecule has 0 fully saturated rings. The minimum absolute atomic E-state index is 0.111. The van der Waals surface area contributed by atoms with E-state index in [1.165, 1.54) is 11.1 Å². The molecule has 2 rings (SSSR count). The second-order valence-electron chi connectivity index (χ2n) is 4.69. The first-order valence-corrected chi connectivity index (χ1v) is 4.69. The molecule has 1 aromatic carbocycles. The Morgan fingerprint density at radius 3 is 2.15 bits per heavy atom. The van der Waals surface area contributed by atoms with E-state index in [1.54, 1.807) is 0 Å². The van der Waals surface area contributed by atoms with E-state index in [4.69, 9.17) is 7.85 Å². The van der Waals surface area contributed by atoms with Gasteiger partial charge in [-0.25, -0.2) is 0 Å². The van der Waals surface area contributed by atoms with Gasteiger partial charge in [0.05, 0.1) is 7.85 Å². The van der Waals surface area contributed by atoms with Crippen LogP contribution in [0.4, 0.5) is 0 Å². The van der Waals surface area contributed by atoms with Crippen LogP contribution in [0.3, 0.4) is 0 Å². The van der Waals surface area contributed by atoms with E-state index >= 15 is 0 Å². The van der Waals surface area contributed by atoms with E-state index in [0.29, 0.717) is 0 Å². The van der Waals surface area contributed by atoms with E-state index in [-0.39, 0.29) is 10.5 Å². The van der Waals surface area contributed by atoms with Gasteiger partial charge in [0.15, 0.2) is 0 Å². The largest absolute Gasteiger partial charge is 0.125 e.